The Hall–Kier alpha value is -0.790. The molecule has 1 aliphatic carbocycles. The highest BCUT2D eigenvalue weighted by Gasteiger charge is 2.26. The Morgan fingerprint density at radius 2 is 1.83 bits per heavy atom. The minimum Gasteiger partial charge on any atom is -0.369 e. The van der Waals surface area contributed by atoms with E-state index in [4.69, 9.17) is 0 Å². The molecular formula is C10H15NO. The maximum Gasteiger partial charge on any atom is 0.179 e. The fraction of sp³-hybridized carbons (Fsp3) is 0.700. The Kier molecular flexibility index (Phi) is 1.91. The van der Waals surface area contributed by atoms with Gasteiger partial charge >= 0.3 is 0 Å². The first-order valence-electron chi connectivity index (χ1n) is 4.77. The highest BCUT2D eigenvalue weighted by molar-refractivity contribution is 5.98. The summed E-state index contributed by atoms with van der Waals surface area (Å²) in [5.41, 5.74) is 2.36. The first-order valence-corrected chi connectivity index (χ1v) is 4.77. The van der Waals surface area contributed by atoms with Gasteiger partial charge in [-0.15, -0.1) is 0 Å². The van der Waals surface area contributed by atoms with Crippen LogP contribution in [-0.4, -0.2) is 23.8 Å². The van der Waals surface area contributed by atoms with E-state index in [0.29, 0.717) is 5.78 Å². The first kappa shape index (κ1) is 7.84. The molecule has 0 radical (unpaired) electrons. The number of nitrogens with zero attached hydrogens (tertiary/aromatic N) is 1. The van der Waals surface area contributed by atoms with Crippen molar-refractivity contribution < 1.29 is 4.79 Å². The Morgan fingerprint density at radius 3 is 2.33 bits per heavy atom. The second-order valence-electron chi connectivity index (χ2n) is 3.75. The van der Waals surface area contributed by atoms with Gasteiger partial charge in [0.05, 0.1) is 5.70 Å². The average molecular weight is 165 g/mol. The van der Waals surface area contributed by atoms with Gasteiger partial charge in [-0.25, -0.2) is 0 Å². The zero-order valence-corrected chi connectivity index (χ0v) is 7.60. The standard InChI is InChI=1S/C10H15NO/c1-8-4-5-9(12)10(8)11-6-2-3-7-11/h2-7H2,1H3. The molecule has 0 amide bonds. The van der Waals surface area contributed by atoms with Crippen LogP contribution in [0.25, 0.3) is 0 Å². The molecule has 0 atom stereocenters. The third-order valence-corrected chi connectivity index (χ3v) is 2.82. The molecule has 1 aliphatic heterocycles. The van der Waals surface area contributed by atoms with Crippen molar-refractivity contribution in [2.45, 2.75) is 32.6 Å². The Labute approximate surface area is 73.2 Å². The van der Waals surface area contributed by atoms with Gasteiger partial charge in [0.2, 0.25) is 0 Å². The van der Waals surface area contributed by atoms with Gasteiger partial charge in [-0.2, -0.15) is 0 Å². The zero-order valence-electron chi connectivity index (χ0n) is 7.60. The van der Waals surface area contributed by atoms with Crippen LogP contribution in [0.15, 0.2) is 11.3 Å². The minimum absolute atomic E-state index is 0.370. The lowest BCUT2D eigenvalue weighted by atomic mass is 10.2. The van der Waals surface area contributed by atoms with Crippen molar-refractivity contribution in [2.24, 2.45) is 0 Å². The molecular weight excluding hydrogens is 150 g/mol. The zero-order chi connectivity index (χ0) is 8.55. The average Bonchev–Trinajstić information content (AvgIpc) is 2.61. The fourth-order valence-corrected chi connectivity index (χ4v) is 2.16. The van der Waals surface area contributed by atoms with E-state index in [0.717, 1.165) is 31.6 Å². The third kappa shape index (κ3) is 1.15. The number of likely N-dealkylation sites (tertiary alicyclic amines) is 1. The maximum atomic E-state index is 11.5. The number of allylic oxidation sites excluding steroid dienone is 2. The normalized spacial score (nSPS) is 24.4. The molecule has 0 aromatic rings. The van der Waals surface area contributed by atoms with E-state index in [2.05, 4.69) is 11.8 Å². The summed E-state index contributed by atoms with van der Waals surface area (Å²) < 4.78 is 0. The van der Waals surface area contributed by atoms with Gasteiger partial charge in [-0.3, -0.25) is 4.79 Å². The van der Waals surface area contributed by atoms with Gasteiger partial charge in [0, 0.05) is 19.5 Å². The van der Waals surface area contributed by atoms with Crippen LogP contribution in [0.4, 0.5) is 0 Å². The monoisotopic (exact) mass is 165 g/mol. The van der Waals surface area contributed by atoms with Crippen molar-refractivity contribution in [1.82, 2.24) is 4.90 Å². The molecule has 0 aromatic carbocycles. The molecule has 66 valence electrons. The quantitative estimate of drug-likeness (QED) is 0.589. The molecule has 0 N–H and O–H groups in total. The number of hydrogen-bond donors (Lipinski definition) is 0. The van der Waals surface area contributed by atoms with Crippen LogP contribution in [-0.2, 0) is 4.79 Å². The highest BCUT2D eigenvalue weighted by Crippen LogP contribution is 2.27. The molecule has 0 bridgehead atoms. The Balaban J connectivity index is 2.19. The van der Waals surface area contributed by atoms with Gasteiger partial charge in [-0.1, -0.05) is 0 Å². The maximum absolute atomic E-state index is 11.5. The van der Waals surface area contributed by atoms with Crippen LogP contribution >= 0.6 is 0 Å². The second kappa shape index (κ2) is 2.92. The predicted octanol–water partition coefficient (Wildman–Crippen LogP) is 1.72. The molecule has 2 rings (SSSR count). The number of hydrogen-bond acceptors (Lipinski definition) is 2. The number of Topliss-reactive ketones (excluding diaryl/α,β-unsaturated/α-hetero) is 1. The summed E-state index contributed by atoms with van der Waals surface area (Å²) in [4.78, 5) is 13.7. The summed E-state index contributed by atoms with van der Waals surface area (Å²) >= 11 is 0. The van der Waals surface area contributed by atoms with Crippen LogP contribution in [0.5, 0.6) is 0 Å². The van der Waals surface area contributed by atoms with Crippen LogP contribution in [0.2, 0.25) is 0 Å². The van der Waals surface area contributed by atoms with E-state index in [1.165, 1.54) is 18.4 Å². The van der Waals surface area contributed by atoms with Crippen molar-refractivity contribution in [3.8, 4) is 0 Å². The molecule has 2 aliphatic rings. The Morgan fingerprint density at radius 1 is 1.17 bits per heavy atom. The molecule has 2 heteroatoms. The summed E-state index contributed by atoms with van der Waals surface area (Å²) in [7, 11) is 0. The topological polar surface area (TPSA) is 20.3 Å². The van der Waals surface area contributed by atoms with Crippen molar-refractivity contribution in [3.63, 3.8) is 0 Å². The number of rotatable bonds is 1. The molecule has 1 heterocycles. The van der Waals surface area contributed by atoms with Crippen LogP contribution in [0.3, 0.4) is 0 Å². The van der Waals surface area contributed by atoms with Gasteiger partial charge in [0.1, 0.15) is 0 Å². The van der Waals surface area contributed by atoms with Crippen LogP contribution < -0.4 is 0 Å². The van der Waals surface area contributed by atoms with Gasteiger partial charge in [0.25, 0.3) is 0 Å². The van der Waals surface area contributed by atoms with Crippen LogP contribution in [0.1, 0.15) is 32.6 Å². The molecule has 0 unspecified atom stereocenters. The number of carbonyl (C=O) groups excluding carboxylic acids is 1. The van der Waals surface area contributed by atoms with E-state index in [1.54, 1.807) is 0 Å². The molecule has 1 saturated heterocycles. The highest BCUT2D eigenvalue weighted by atomic mass is 16.1. The van der Waals surface area contributed by atoms with E-state index < -0.39 is 0 Å². The largest absolute Gasteiger partial charge is 0.369 e. The van der Waals surface area contributed by atoms with Crippen molar-refractivity contribution >= 4 is 5.78 Å². The van der Waals surface area contributed by atoms with Gasteiger partial charge < -0.3 is 4.90 Å². The molecule has 0 saturated carbocycles. The fourth-order valence-electron chi connectivity index (χ4n) is 2.16. The lowest BCUT2D eigenvalue weighted by molar-refractivity contribution is -0.116. The molecule has 0 aromatic heterocycles. The summed E-state index contributed by atoms with van der Waals surface area (Å²) in [6.07, 6.45) is 4.25. The minimum atomic E-state index is 0.370. The van der Waals surface area contributed by atoms with Gasteiger partial charge in [0.15, 0.2) is 5.78 Å². The van der Waals surface area contributed by atoms with Gasteiger partial charge in [-0.05, 0) is 31.8 Å². The van der Waals surface area contributed by atoms with E-state index >= 15 is 0 Å². The van der Waals surface area contributed by atoms with E-state index in [1.807, 2.05) is 0 Å². The van der Waals surface area contributed by atoms with Crippen molar-refractivity contribution in [3.05, 3.63) is 11.3 Å². The van der Waals surface area contributed by atoms with Crippen molar-refractivity contribution in [2.75, 3.05) is 13.1 Å². The lowest BCUT2D eigenvalue weighted by Crippen LogP contribution is -2.22. The molecule has 2 nitrogen and oxygen atoms in total. The lowest BCUT2D eigenvalue weighted by Gasteiger charge is -2.18. The van der Waals surface area contributed by atoms with E-state index in [-0.39, 0.29) is 0 Å². The molecule has 0 spiro atoms. The summed E-state index contributed by atoms with van der Waals surface area (Å²) in [5, 5.41) is 0. The SMILES string of the molecule is CC1=C(N2CCCC2)C(=O)CC1. The second-order valence-corrected chi connectivity index (χ2v) is 3.75. The Bertz CT molecular complexity index is 236. The number of carbonyl (C=O) groups is 1. The van der Waals surface area contributed by atoms with Crippen molar-refractivity contribution in [1.29, 1.82) is 0 Å². The number of ketones is 1. The summed E-state index contributed by atoms with van der Waals surface area (Å²) in [6, 6.07) is 0. The third-order valence-electron chi connectivity index (χ3n) is 2.82. The molecule has 1 fully saturated rings. The predicted molar refractivity (Wildman–Crippen MR) is 47.7 cm³/mol. The summed E-state index contributed by atoms with van der Waals surface area (Å²) in [5.74, 6) is 0.370. The first-order chi connectivity index (χ1) is 5.79. The van der Waals surface area contributed by atoms with E-state index in [9.17, 15) is 4.79 Å². The van der Waals surface area contributed by atoms with Crippen LogP contribution in [0, 0.1) is 0 Å². The molecule has 12 heavy (non-hydrogen) atoms. The summed E-state index contributed by atoms with van der Waals surface area (Å²) in [6.45, 7) is 4.29. The smallest absolute Gasteiger partial charge is 0.179 e.